The van der Waals surface area contributed by atoms with Crippen LogP contribution in [0.2, 0.25) is 0 Å². The van der Waals surface area contributed by atoms with Gasteiger partial charge in [-0.05, 0) is 49.6 Å². The highest BCUT2D eigenvalue weighted by atomic mass is 16.5. The molecule has 1 amide bonds. The molecule has 0 radical (unpaired) electrons. The van der Waals surface area contributed by atoms with Crippen LogP contribution in [0.15, 0.2) is 71.7 Å². The van der Waals surface area contributed by atoms with Gasteiger partial charge in [-0.25, -0.2) is 0 Å². The molecule has 0 unspecified atom stereocenters. The molecule has 1 aliphatic rings. The molecule has 7 heteroatoms. The average molecular weight is 490 g/mol. The Labute approximate surface area is 211 Å². The number of nitrogens with zero attached hydrogens (tertiary/aromatic N) is 1. The van der Waals surface area contributed by atoms with E-state index in [4.69, 9.17) is 18.6 Å². The van der Waals surface area contributed by atoms with Gasteiger partial charge in [0.25, 0.3) is 5.91 Å². The molecule has 1 saturated heterocycles. The van der Waals surface area contributed by atoms with Crippen LogP contribution in [0.3, 0.4) is 0 Å². The predicted octanol–water partition coefficient (Wildman–Crippen LogP) is 5.54. The van der Waals surface area contributed by atoms with Gasteiger partial charge < -0.3 is 23.5 Å². The zero-order valence-electron chi connectivity index (χ0n) is 20.7. The third-order valence-electron chi connectivity index (χ3n) is 6.09. The Hall–Kier alpha value is -3.84. The summed E-state index contributed by atoms with van der Waals surface area (Å²) in [4.78, 5) is 26.9. The summed E-state index contributed by atoms with van der Waals surface area (Å²) in [5.41, 5.74) is 2.32. The first kappa shape index (κ1) is 25.3. The Morgan fingerprint density at radius 1 is 1.11 bits per heavy atom. The second-order valence-corrected chi connectivity index (χ2v) is 8.70. The fourth-order valence-electron chi connectivity index (χ4n) is 4.19. The van der Waals surface area contributed by atoms with E-state index >= 15 is 0 Å². The van der Waals surface area contributed by atoms with E-state index in [1.54, 1.807) is 42.4 Å². The van der Waals surface area contributed by atoms with Gasteiger partial charge >= 0.3 is 0 Å². The highest BCUT2D eigenvalue weighted by Gasteiger charge is 2.26. The average Bonchev–Trinajstić information content (AvgIpc) is 3.60. The number of methoxy groups -OCH3 is 1. The number of Topliss-reactive ketones (excluding diaryl/α,β-unsaturated/α-hetero) is 1. The summed E-state index contributed by atoms with van der Waals surface area (Å²) in [7, 11) is 1.59. The summed E-state index contributed by atoms with van der Waals surface area (Å²) in [6.45, 7) is 7.10. The molecule has 1 fully saturated rings. The number of amides is 1. The van der Waals surface area contributed by atoms with Gasteiger partial charge in [0.1, 0.15) is 12.4 Å². The Bertz CT molecular complexity index is 1210. The molecule has 0 saturated carbocycles. The number of hydrogen-bond acceptors (Lipinski definition) is 6. The molecule has 4 rings (SSSR count). The monoisotopic (exact) mass is 489 g/mol. The quantitative estimate of drug-likeness (QED) is 0.260. The lowest BCUT2D eigenvalue weighted by Gasteiger charge is -2.25. The SMILES string of the molecule is C=CCOc1ccc(CN(C[C@@H]2CCCO2)C(=O)c2ccc(-c3ccc(C(C)=O)cc3)o2)cc1OC. The first-order valence-electron chi connectivity index (χ1n) is 12.0. The number of rotatable bonds is 11. The van der Waals surface area contributed by atoms with Crippen molar-refractivity contribution in [3.05, 3.63) is 84.1 Å². The number of ether oxygens (including phenoxy) is 3. The van der Waals surface area contributed by atoms with Crippen molar-refractivity contribution in [2.45, 2.75) is 32.4 Å². The van der Waals surface area contributed by atoms with Gasteiger partial charge in [-0.15, -0.1) is 0 Å². The molecule has 0 aliphatic carbocycles. The van der Waals surface area contributed by atoms with Crippen molar-refractivity contribution >= 4 is 11.7 Å². The fourth-order valence-corrected chi connectivity index (χ4v) is 4.19. The van der Waals surface area contributed by atoms with Crippen molar-refractivity contribution in [1.82, 2.24) is 4.90 Å². The van der Waals surface area contributed by atoms with Crippen LogP contribution < -0.4 is 9.47 Å². The van der Waals surface area contributed by atoms with Crippen molar-refractivity contribution in [2.24, 2.45) is 0 Å². The zero-order valence-corrected chi connectivity index (χ0v) is 20.7. The van der Waals surface area contributed by atoms with E-state index in [1.165, 1.54) is 6.92 Å². The first-order chi connectivity index (χ1) is 17.5. The summed E-state index contributed by atoms with van der Waals surface area (Å²) in [6.07, 6.45) is 3.55. The van der Waals surface area contributed by atoms with Crippen molar-refractivity contribution in [3.63, 3.8) is 0 Å². The van der Waals surface area contributed by atoms with Gasteiger partial charge in [-0.3, -0.25) is 9.59 Å². The van der Waals surface area contributed by atoms with Crippen LogP contribution in [0, 0.1) is 0 Å². The number of furan rings is 1. The normalized spacial score (nSPS) is 14.9. The number of carbonyl (C=O) groups excluding carboxylic acids is 2. The summed E-state index contributed by atoms with van der Waals surface area (Å²) >= 11 is 0. The van der Waals surface area contributed by atoms with Crippen molar-refractivity contribution in [2.75, 3.05) is 26.9 Å². The zero-order chi connectivity index (χ0) is 25.5. The molecular formula is C29H31NO6. The van der Waals surface area contributed by atoms with E-state index in [-0.39, 0.29) is 23.6 Å². The standard InChI is InChI=1S/C29H31NO6/c1-4-15-35-26-12-7-21(17-28(26)33-3)18-30(19-24-6-5-16-34-24)29(32)27-14-13-25(36-27)23-10-8-22(9-11-23)20(2)31/h4,7-14,17,24H,1,5-6,15-16,18-19H2,2-3H3/t24-/m0/s1. The summed E-state index contributed by atoms with van der Waals surface area (Å²) in [5, 5.41) is 0. The minimum absolute atomic E-state index is 0.00133. The lowest BCUT2D eigenvalue weighted by Crippen LogP contribution is -2.36. The molecule has 7 nitrogen and oxygen atoms in total. The molecular weight excluding hydrogens is 458 g/mol. The van der Waals surface area contributed by atoms with E-state index in [0.717, 1.165) is 24.0 Å². The Morgan fingerprint density at radius 2 is 1.92 bits per heavy atom. The largest absolute Gasteiger partial charge is 0.493 e. The van der Waals surface area contributed by atoms with Crippen molar-refractivity contribution in [3.8, 4) is 22.8 Å². The third kappa shape index (κ3) is 6.04. The van der Waals surface area contributed by atoms with Crippen molar-refractivity contribution in [1.29, 1.82) is 0 Å². The topological polar surface area (TPSA) is 78.2 Å². The van der Waals surface area contributed by atoms with Crippen LogP contribution in [0.25, 0.3) is 11.3 Å². The smallest absolute Gasteiger partial charge is 0.289 e. The Kier molecular flexibility index (Phi) is 8.23. The molecule has 1 atom stereocenters. The number of hydrogen-bond donors (Lipinski definition) is 0. The predicted molar refractivity (Wildman–Crippen MR) is 137 cm³/mol. The van der Waals surface area contributed by atoms with Crippen LogP contribution in [-0.4, -0.2) is 49.6 Å². The molecule has 36 heavy (non-hydrogen) atoms. The molecule has 0 bridgehead atoms. The lowest BCUT2D eigenvalue weighted by atomic mass is 10.1. The summed E-state index contributed by atoms with van der Waals surface area (Å²) < 4.78 is 22.9. The summed E-state index contributed by atoms with van der Waals surface area (Å²) in [6, 6.07) is 16.2. The van der Waals surface area contributed by atoms with E-state index in [2.05, 4.69) is 6.58 Å². The number of carbonyl (C=O) groups is 2. The van der Waals surface area contributed by atoms with Crippen LogP contribution in [-0.2, 0) is 11.3 Å². The summed E-state index contributed by atoms with van der Waals surface area (Å²) in [5.74, 6) is 1.80. The van der Waals surface area contributed by atoms with Crippen molar-refractivity contribution < 1.29 is 28.2 Å². The maximum atomic E-state index is 13.6. The van der Waals surface area contributed by atoms with Gasteiger partial charge in [0.2, 0.25) is 0 Å². The molecule has 2 heterocycles. The van der Waals surface area contributed by atoms with Gasteiger partial charge in [0.05, 0.1) is 13.2 Å². The highest BCUT2D eigenvalue weighted by Crippen LogP contribution is 2.30. The van der Waals surface area contributed by atoms with Crippen LogP contribution in [0.4, 0.5) is 0 Å². The number of benzene rings is 2. The van der Waals surface area contributed by atoms with E-state index in [9.17, 15) is 9.59 Å². The van der Waals surface area contributed by atoms with E-state index in [0.29, 0.717) is 49.1 Å². The second-order valence-electron chi connectivity index (χ2n) is 8.70. The van der Waals surface area contributed by atoms with Crippen LogP contribution >= 0.6 is 0 Å². The molecule has 1 aromatic heterocycles. The van der Waals surface area contributed by atoms with E-state index in [1.807, 2.05) is 30.3 Å². The maximum absolute atomic E-state index is 13.6. The van der Waals surface area contributed by atoms with Gasteiger partial charge in [-0.2, -0.15) is 0 Å². The Morgan fingerprint density at radius 3 is 2.58 bits per heavy atom. The van der Waals surface area contributed by atoms with E-state index < -0.39 is 0 Å². The third-order valence-corrected chi connectivity index (χ3v) is 6.09. The van der Waals surface area contributed by atoms with Crippen LogP contribution in [0.5, 0.6) is 11.5 Å². The Balaban J connectivity index is 1.55. The molecule has 188 valence electrons. The second kappa shape index (κ2) is 11.7. The van der Waals surface area contributed by atoms with Gasteiger partial charge in [0, 0.05) is 30.8 Å². The molecule has 2 aromatic carbocycles. The lowest BCUT2D eigenvalue weighted by molar-refractivity contribution is 0.0484. The van der Waals surface area contributed by atoms with Gasteiger partial charge in [-0.1, -0.05) is 43.0 Å². The maximum Gasteiger partial charge on any atom is 0.289 e. The minimum atomic E-state index is -0.219. The molecule has 0 spiro atoms. The fraction of sp³-hybridized carbons (Fsp3) is 0.310. The van der Waals surface area contributed by atoms with Gasteiger partial charge in [0.15, 0.2) is 23.0 Å². The minimum Gasteiger partial charge on any atom is -0.493 e. The van der Waals surface area contributed by atoms with Crippen LogP contribution in [0.1, 0.15) is 46.2 Å². The highest BCUT2D eigenvalue weighted by molar-refractivity contribution is 5.94. The number of ketones is 1. The molecule has 1 aliphatic heterocycles. The molecule has 0 N–H and O–H groups in total. The first-order valence-corrected chi connectivity index (χ1v) is 12.0. The molecule has 3 aromatic rings.